The lowest BCUT2D eigenvalue weighted by Gasteiger charge is -2.17. The number of benzene rings is 1. The van der Waals surface area contributed by atoms with E-state index in [2.05, 4.69) is 24.1 Å². The molecule has 2 N–H and O–H groups in total. The number of hydrogen-bond donors (Lipinski definition) is 2. The lowest BCUT2D eigenvalue weighted by Crippen LogP contribution is -2.30. The highest BCUT2D eigenvalue weighted by atomic mass is 16.6. The number of amides is 1. The van der Waals surface area contributed by atoms with E-state index in [1.807, 2.05) is 6.07 Å². The quantitative estimate of drug-likeness (QED) is 0.0483. The highest BCUT2D eigenvalue weighted by Crippen LogP contribution is 2.34. The zero-order valence-electron chi connectivity index (χ0n) is 46.4. The van der Waals surface area contributed by atoms with E-state index in [0.29, 0.717) is 30.3 Å². The fraction of sp³-hybridized carbons (Fsp3) is 0.787. The molecule has 12 heteroatoms. The zero-order chi connectivity index (χ0) is 52.4. The molecule has 0 bridgehead atoms. The number of esters is 1. The summed E-state index contributed by atoms with van der Waals surface area (Å²) in [5, 5.41) is 12.7. The van der Waals surface area contributed by atoms with Gasteiger partial charge in [0.2, 0.25) is 0 Å². The van der Waals surface area contributed by atoms with Crippen LogP contribution >= 0.6 is 0 Å². The van der Waals surface area contributed by atoms with Gasteiger partial charge in [-0.2, -0.15) is 4.98 Å². The van der Waals surface area contributed by atoms with Crippen LogP contribution in [0.15, 0.2) is 35.3 Å². The van der Waals surface area contributed by atoms with Crippen LogP contribution < -0.4 is 20.5 Å². The summed E-state index contributed by atoms with van der Waals surface area (Å²) in [6, 6.07) is 6.84. The van der Waals surface area contributed by atoms with E-state index in [9.17, 15) is 24.3 Å². The van der Waals surface area contributed by atoms with Crippen molar-refractivity contribution in [2.75, 3.05) is 25.1 Å². The van der Waals surface area contributed by atoms with Crippen molar-refractivity contribution >= 4 is 23.5 Å². The number of para-hydroxylation sites is 1. The second-order valence-corrected chi connectivity index (χ2v) is 21.1. The van der Waals surface area contributed by atoms with Crippen molar-refractivity contribution in [1.82, 2.24) is 9.55 Å². The Bertz CT molecular complexity index is 1780. The van der Waals surface area contributed by atoms with E-state index in [1.54, 1.807) is 12.1 Å². The number of aliphatic hydroxyl groups excluding tert-OH is 1. The maximum Gasteiger partial charge on any atom is 0.351 e. The first kappa shape index (κ1) is 63.5. The molecule has 0 spiro atoms. The SMILES string of the molecule is CCCCCCCCCCCCCCCCCCCCOc1cccc(C(=O)Nc2ccn([C@H]3CC(OC(=O)CCC(C)=O)[C@@H](CO)O3)c(=O)n2)c1OCCCCCCCCCCCCCCCCCCCC. The number of aromatic nitrogens is 2. The Morgan fingerprint density at radius 2 is 1.05 bits per heavy atom. The van der Waals surface area contributed by atoms with Crippen LogP contribution in [0, 0.1) is 0 Å². The van der Waals surface area contributed by atoms with Crippen molar-refractivity contribution in [2.24, 2.45) is 0 Å². The standard InChI is InChI=1S/C61H103N3O9/c1-4-6-8-10-12-14-16-18-20-22-24-26-28-30-32-34-36-38-47-70-53-42-40-41-52(59(53)71-48-39-37-35-33-31-29-27-25-23-21-19-17-15-13-11-9-7-5-2)60(68)62-56-45-46-64(61(69)63-56)57-49-54(55(50-65)72-57)73-58(67)44-43-51(3)66/h40-42,45-46,54-55,57,65H,4-39,43-44,47-50H2,1-3H3,(H,62,63,68,69)/t54?,55-,57-/m1/s1. The monoisotopic (exact) mass is 1020 g/mol. The van der Waals surface area contributed by atoms with Crippen molar-refractivity contribution in [2.45, 2.75) is 290 Å². The molecule has 12 nitrogen and oxygen atoms in total. The molecule has 1 aliphatic rings. The molecular formula is C61H103N3O9. The Morgan fingerprint density at radius 1 is 0.616 bits per heavy atom. The normalized spacial score (nSPS) is 15.4. The molecule has 1 saturated heterocycles. The highest BCUT2D eigenvalue weighted by Gasteiger charge is 2.39. The average Bonchev–Trinajstić information content (AvgIpc) is 3.79. The van der Waals surface area contributed by atoms with Crippen molar-refractivity contribution < 1.29 is 38.4 Å². The van der Waals surface area contributed by atoms with E-state index < -0.39 is 42.6 Å². The summed E-state index contributed by atoms with van der Waals surface area (Å²) in [6.45, 7) is 6.51. The van der Waals surface area contributed by atoms with Crippen LogP contribution in [0.4, 0.5) is 5.82 Å². The van der Waals surface area contributed by atoms with Crippen LogP contribution in [-0.2, 0) is 19.1 Å². The van der Waals surface area contributed by atoms with Crippen LogP contribution in [-0.4, -0.2) is 64.3 Å². The molecule has 3 atom stereocenters. The molecule has 1 aromatic carbocycles. The first-order valence-corrected chi connectivity index (χ1v) is 30.0. The van der Waals surface area contributed by atoms with E-state index >= 15 is 0 Å². The number of unbranched alkanes of at least 4 members (excludes halogenated alkanes) is 34. The van der Waals surface area contributed by atoms with Crippen LogP contribution in [0.2, 0.25) is 0 Å². The molecule has 0 aliphatic carbocycles. The number of rotatable bonds is 48. The molecule has 1 aliphatic heterocycles. The van der Waals surface area contributed by atoms with Gasteiger partial charge in [-0.15, -0.1) is 0 Å². The van der Waals surface area contributed by atoms with Gasteiger partial charge in [0.15, 0.2) is 11.5 Å². The molecule has 1 aromatic heterocycles. The third kappa shape index (κ3) is 29.8. The second-order valence-electron chi connectivity index (χ2n) is 21.1. The molecule has 0 radical (unpaired) electrons. The minimum Gasteiger partial charge on any atom is -0.490 e. The summed E-state index contributed by atoms with van der Waals surface area (Å²) < 4.78 is 25.3. The van der Waals surface area contributed by atoms with Gasteiger partial charge in [-0.3, -0.25) is 14.2 Å². The second kappa shape index (κ2) is 42.5. The minimum absolute atomic E-state index is 0.0507. The van der Waals surface area contributed by atoms with Gasteiger partial charge in [0.05, 0.1) is 31.8 Å². The van der Waals surface area contributed by atoms with Crippen LogP contribution in [0.3, 0.4) is 0 Å². The topological polar surface area (TPSA) is 155 Å². The molecule has 2 heterocycles. The smallest absolute Gasteiger partial charge is 0.351 e. The Balaban J connectivity index is 1.44. The van der Waals surface area contributed by atoms with Crippen molar-refractivity contribution in [3.63, 3.8) is 0 Å². The Kier molecular flexibility index (Phi) is 36.9. The number of carbonyl (C=O) groups excluding carboxylic acids is 3. The van der Waals surface area contributed by atoms with Crippen LogP contribution in [0.25, 0.3) is 0 Å². The average molecular weight is 1020 g/mol. The van der Waals surface area contributed by atoms with Gasteiger partial charge in [0.1, 0.15) is 30.0 Å². The Morgan fingerprint density at radius 3 is 1.48 bits per heavy atom. The summed E-state index contributed by atoms with van der Waals surface area (Å²) >= 11 is 0. The number of anilines is 1. The number of ether oxygens (including phenoxy) is 4. The number of hydrogen-bond acceptors (Lipinski definition) is 10. The van der Waals surface area contributed by atoms with E-state index in [4.69, 9.17) is 18.9 Å². The lowest BCUT2D eigenvalue weighted by atomic mass is 10.0. The molecule has 1 unspecified atom stereocenters. The molecule has 3 rings (SSSR count). The Hall–Kier alpha value is -3.77. The van der Waals surface area contributed by atoms with Gasteiger partial charge in [-0.1, -0.05) is 238 Å². The first-order valence-electron chi connectivity index (χ1n) is 30.0. The number of ketones is 1. The summed E-state index contributed by atoms with van der Waals surface area (Å²) in [5.41, 5.74) is -0.391. The summed E-state index contributed by atoms with van der Waals surface area (Å²) in [7, 11) is 0. The van der Waals surface area contributed by atoms with Crippen LogP contribution in [0.5, 0.6) is 11.5 Å². The number of carbonyl (C=O) groups is 3. The maximum absolute atomic E-state index is 13.9. The summed E-state index contributed by atoms with van der Waals surface area (Å²) in [5.74, 6) is -0.224. The lowest BCUT2D eigenvalue weighted by molar-refractivity contribution is -0.153. The van der Waals surface area contributed by atoms with E-state index in [-0.39, 0.29) is 30.9 Å². The number of nitrogens with one attached hydrogen (secondary N) is 1. The third-order valence-corrected chi connectivity index (χ3v) is 14.4. The summed E-state index contributed by atoms with van der Waals surface area (Å²) in [6.07, 6.45) is 46.2. The molecule has 1 fully saturated rings. The number of aliphatic hydroxyl groups is 1. The minimum atomic E-state index is -0.857. The van der Waals surface area contributed by atoms with Gasteiger partial charge in [0.25, 0.3) is 5.91 Å². The molecule has 73 heavy (non-hydrogen) atoms. The Labute approximate surface area is 442 Å². The highest BCUT2D eigenvalue weighted by molar-refractivity contribution is 6.06. The fourth-order valence-corrected chi connectivity index (χ4v) is 9.87. The fourth-order valence-electron chi connectivity index (χ4n) is 9.87. The first-order chi connectivity index (χ1) is 35.8. The van der Waals surface area contributed by atoms with Gasteiger partial charge in [-0.05, 0) is 38.0 Å². The van der Waals surface area contributed by atoms with Crippen molar-refractivity contribution in [3.8, 4) is 11.5 Å². The van der Waals surface area contributed by atoms with Gasteiger partial charge in [0, 0.05) is 19.0 Å². The van der Waals surface area contributed by atoms with E-state index in [1.165, 1.54) is 223 Å². The van der Waals surface area contributed by atoms with Gasteiger partial charge in [-0.25, -0.2) is 4.79 Å². The molecule has 2 aromatic rings. The predicted molar refractivity (Wildman–Crippen MR) is 297 cm³/mol. The maximum atomic E-state index is 13.9. The third-order valence-electron chi connectivity index (χ3n) is 14.4. The van der Waals surface area contributed by atoms with E-state index in [0.717, 1.165) is 32.1 Å². The predicted octanol–water partition coefficient (Wildman–Crippen LogP) is 15.9. The largest absolute Gasteiger partial charge is 0.490 e. The number of Topliss-reactive ketones (excluding diaryl/α,β-unsaturated/α-hetero) is 1. The molecule has 1 amide bonds. The zero-order valence-corrected chi connectivity index (χ0v) is 46.4. The van der Waals surface area contributed by atoms with Crippen molar-refractivity contribution in [1.29, 1.82) is 0 Å². The summed E-state index contributed by atoms with van der Waals surface area (Å²) in [4.78, 5) is 55.0. The molecule has 416 valence electrons. The van der Waals surface area contributed by atoms with Gasteiger partial charge < -0.3 is 34.2 Å². The van der Waals surface area contributed by atoms with Gasteiger partial charge >= 0.3 is 11.7 Å². The molecular weight excluding hydrogens is 919 g/mol. The number of nitrogens with zero attached hydrogens (tertiary/aromatic N) is 2. The van der Waals surface area contributed by atoms with Crippen molar-refractivity contribution in [3.05, 3.63) is 46.5 Å². The molecule has 0 saturated carbocycles. The van der Waals surface area contributed by atoms with Crippen LogP contribution in [0.1, 0.15) is 288 Å².